The Morgan fingerprint density at radius 3 is 1.44 bits per heavy atom. The number of hydrogen-bond acceptors (Lipinski definition) is 7. The lowest BCUT2D eigenvalue weighted by Gasteiger charge is -2.44. The molecular formula is C57H112O7Si4. The lowest BCUT2D eigenvalue weighted by atomic mass is 9.82. The summed E-state index contributed by atoms with van der Waals surface area (Å²) in [6.45, 7) is 64.0. The second kappa shape index (κ2) is 27.2. The fourth-order valence-corrected chi connectivity index (χ4v) is 13.1. The van der Waals surface area contributed by atoms with Crippen LogP contribution in [0.15, 0.2) is 61.3 Å². The maximum Gasteiger partial charge on any atom is 0.330 e. The Bertz CT molecular complexity index is 1620. The van der Waals surface area contributed by atoms with E-state index in [1.165, 1.54) is 13.2 Å². The van der Waals surface area contributed by atoms with Crippen LogP contribution in [0.2, 0.25) is 72.5 Å². The molecule has 0 fully saturated rings. The molecule has 0 aliphatic rings. The van der Waals surface area contributed by atoms with E-state index < -0.39 is 39.4 Å². The molecule has 1 N–H and O–H groups in total. The number of ether oxygens (including phenoxy) is 1. The summed E-state index contributed by atoms with van der Waals surface area (Å²) in [5, 5.41) is 11.8. The summed E-state index contributed by atoms with van der Waals surface area (Å²) in [6, 6.07) is 0. The first kappa shape index (κ1) is 66.8. The van der Waals surface area contributed by atoms with Crippen LogP contribution in [0.4, 0.5) is 0 Å². The van der Waals surface area contributed by atoms with Gasteiger partial charge in [-0.1, -0.05) is 180 Å². The van der Waals surface area contributed by atoms with Gasteiger partial charge in [0, 0.05) is 24.3 Å². The summed E-state index contributed by atoms with van der Waals surface area (Å²) < 4.78 is 34.2. The van der Waals surface area contributed by atoms with Crippen molar-refractivity contribution in [2.45, 2.75) is 253 Å². The van der Waals surface area contributed by atoms with Gasteiger partial charge in [0.25, 0.3) is 0 Å². The van der Waals surface area contributed by atoms with Gasteiger partial charge in [-0.15, -0.1) is 0 Å². The average Bonchev–Trinajstić information content (AvgIpc) is 3.17. The van der Waals surface area contributed by atoms with Crippen LogP contribution in [0.5, 0.6) is 0 Å². The number of rotatable bonds is 28. The zero-order chi connectivity index (χ0) is 53.7. The Morgan fingerprint density at radius 1 is 0.544 bits per heavy atom. The second-order valence-electron chi connectivity index (χ2n) is 26.9. The Labute approximate surface area is 426 Å². The van der Waals surface area contributed by atoms with E-state index in [-0.39, 0.29) is 74.2 Å². The quantitative estimate of drug-likeness (QED) is 0.0275. The third kappa shape index (κ3) is 21.9. The molecule has 0 saturated carbocycles. The van der Waals surface area contributed by atoms with E-state index in [1.807, 2.05) is 12.2 Å². The van der Waals surface area contributed by atoms with Crippen molar-refractivity contribution >= 4 is 39.2 Å². The number of hydrogen-bond donors (Lipinski definition) is 1. The smallest absolute Gasteiger partial charge is 0.330 e. The predicted molar refractivity (Wildman–Crippen MR) is 307 cm³/mol. The van der Waals surface area contributed by atoms with Gasteiger partial charge < -0.3 is 27.5 Å². The van der Waals surface area contributed by atoms with E-state index in [0.717, 1.165) is 19.3 Å². The molecule has 11 atom stereocenters. The van der Waals surface area contributed by atoms with E-state index in [0.29, 0.717) is 18.3 Å². The fraction of sp³-hybridized carbons (Fsp3) is 0.807. The van der Waals surface area contributed by atoms with Crippen molar-refractivity contribution < 1.29 is 32.3 Å². The summed E-state index contributed by atoms with van der Waals surface area (Å²) in [7, 11) is -7.31. The summed E-state index contributed by atoms with van der Waals surface area (Å²) in [5.74, 6) is 0.527. The standard InChI is InChI=1S/C57H112O7Si4/c1-29-30-33-44(4)52(59)47(7)49(62-66(23,24)55(11,12)13)39-36-42(2)40-46(6)53(64-68(27,28)57(17,18)19)45(5)37-38-48(61-65(21,22)54(8,9)10)41-50(63-67(25,26)56(14,15)16)43(3)34-31-32-35-51(58)60-20/h29-35,37-38,42-50,52-53,59H,1,36,39-41H2,2-28H3/b33-30-,34-31+,35-32-,38-37-/t42-,43+,44-,45-,46-,47-,48-,49+,50-,52-,53-/m0/s1. The predicted octanol–water partition coefficient (Wildman–Crippen LogP) is 16.9. The molecule has 0 heterocycles. The molecule has 0 rings (SSSR count). The van der Waals surface area contributed by atoms with Gasteiger partial charge in [0.15, 0.2) is 33.3 Å². The molecule has 0 radical (unpaired) electrons. The summed E-state index contributed by atoms with van der Waals surface area (Å²) in [6.07, 6.45) is 20.6. The molecule has 398 valence electrons. The Morgan fingerprint density at radius 2 is 0.985 bits per heavy atom. The zero-order valence-corrected chi connectivity index (χ0v) is 53.5. The number of aliphatic hydroxyl groups excluding tert-OH is 1. The molecule has 0 unspecified atom stereocenters. The number of carbonyl (C=O) groups excluding carboxylic acids is 1. The molecule has 68 heavy (non-hydrogen) atoms. The van der Waals surface area contributed by atoms with E-state index in [9.17, 15) is 9.90 Å². The molecule has 7 nitrogen and oxygen atoms in total. The molecule has 0 aromatic carbocycles. The number of allylic oxidation sites excluding steroid dienone is 4. The van der Waals surface area contributed by atoms with E-state index in [1.54, 1.807) is 12.2 Å². The molecular weight excluding hydrogens is 909 g/mol. The minimum Gasteiger partial charge on any atom is -0.466 e. The third-order valence-corrected chi connectivity index (χ3v) is 34.6. The van der Waals surface area contributed by atoms with Crippen LogP contribution < -0.4 is 0 Å². The molecule has 0 aromatic rings. The molecule has 0 aromatic heterocycles. The number of carbonyl (C=O) groups is 1. The van der Waals surface area contributed by atoms with Gasteiger partial charge in [-0.3, -0.25) is 0 Å². The molecule has 0 spiro atoms. The molecule has 0 amide bonds. The highest BCUT2D eigenvalue weighted by Crippen LogP contribution is 2.44. The Kier molecular flexibility index (Phi) is 26.8. The van der Waals surface area contributed by atoms with Gasteiger partial charge in [-0.2, -0.15) is 0 Å². The second-order valence-corrected chi connectivity index (χ2v) is 45.9. The fourth-order valence-electron chi connectivity index (χ4n) is 7.49. The van der Waals surface area contributed by atoms with E-state index >= 15 is 0 Å². The monoisotopic (exact) mass is 1020 g/mol. The molecule has 11 heteroatoms. The molecule has 0 saturated heterocycles. The molecule has 0 aliphatic heterocycles. The van der Waals surface area contributed by atoms with Crippen molar-refractivity contribution in [2.24, 2.45) is 35.5 Å². The van der Waals surface area contributed by atoms with Crippen molar-refractivity contribution in [3.05, 3.63) is 61.3 Å². The Balaban J connectivity index is 7.22. The minimum absolute atomic E-state index is 0.00169. The number of aliphatic hydroxyl groups is 1. The van der Waals surface area contributed by atoms with Crippen LogP contribution in [-0.4, -0.2) is 82.0 Å². The van der Waals surface area contributed by atoms with Crippen LogP contribution in [0.3, 0.4) is 0 Å². The van der Waals surface area contributed by atoms with E-state index in [2.05, 4.69) is 208 Å². The lowest BCUT2D eigenvalue weighted by molar-refractivity contribution is -0.134. The largest absolute Gasteiger partial charge is 0.466 e. The lowest BCUT2D eigenvalue weighted by Crippen LogP contribution is -2.48. The van der Waals surface area contributed by atoms with Crippen molar-refractivity contribution in [3.63, 3.8) is 0 Å². The van der Waals surface area contributed by atoms with Crippen molar-refractivity contribution in [2.75, 3.05) is 7.11 Å². The normalized spacial score (nSPS) is 19.5. The van der Waals surface area contributed by atoms with Gasteiger partial charge in [0.05, 0.1) is 37.6 Å². The van der Waals surface area contributed by atoms with Gasteiger partial charge in [0.1, 0.15) is 0 Å². The maximum absolute atomic E-state index is 11.8. The van der Waals surface area contributed by atoms with Gasteiger partial charge >= 0.3 is 5.97 Å². The average molecular weight is 1020 g/mol. The Hall–Kier alpha value is -1.16. The minimum atomic E-state index is -2.22. The van der Waals surface area contributed by atoms with Crippen molar-refractivity contribution in [1.82, 2.24) is 0 Å². The van der Waals surface area contributed by atoms with Crippen LogP contribution in [0, 0.1) is 35.5 Å². The van der Waals surface area contributed by atoms with Crippen molar-refractivity contribution in [1.29, 1.82) is 0 Å². The van der Waals surface area contributed by atoms with Crippen LogP contribution in [0.25, 0.3) is 0 Å². The van der Waals surface area contributed by atoms with Gasteiger partial charge in [0.2, 0.25) is 0 Å². The highest BCUT2D eigenvalue weighted by atomic mass is 28.4. The zero-order valence-electron chi connectivity index (χ0n) is 49.5. The van der Waals surface area contributed by atoms with Crippen LogP contribution >= 0.6 is 0 Å². The topological polar surface area (TPSA) is 83.5 Å². The SMILES string of the molecule is C=C/C=C\[C@H](C)[C@H](O)[C@@H](C)[C@@H](CC[C@H](C)C[C@H](C)[C@@H](O[Si](C)(C)C(C)(C)C)[C@@H](C)/C=C\[C@@H](C[C@H](O[Si](C)(C)C(C)(C)C)[C@H](C)/C=C/C=C\C(=O)OC)O[Si](C)(C)C(C)(C)C)O[Si](C)(C)C(C)(C)C. The first-order valence-electron chi connectivity index (χ1n) is 26.3. The number of esters is 1. The van der Waals surface area contributed by atoms with Gasteiger partial charge in [-0.05, 0) is 115 Å². The van der Waals surface area contributed by atoms with Crippen LogP contribution in [0.1, 0.15) is 150 Å². The van der Waals surface area contributed by atoms with Crippen LogP contribution in [-0.2, 0) is 27.2 Å². The first-order valence-corrected chi connectivity index (χ1v) is 37.9. The highest BCUT2D eigenvalue weighted by molar-refractivity contribution is 6.75. The number of methoxy groups -OCH3 is 1. The summed E-state index contributed by atoms with van der Waals surface area (Å²) in [4.78, 5) is 11.8. The van der Waals surface area contributed by atoms with Gasteiger partial charge in [-0.25, -0.2) is 4.79 Å². The molecule has 0 bridgehead atoms. The maximum atomic E-state index is 11.8. The third-order valence-electron chi connectivity index (χ3n) is 16.6. The van der Waals surface area contributed by atoms with E-state index in [4.69, 9.17) is 22.4 Å². The first-order chi connectivity index (χ1) is 30.5. The van der Waals surface area contributed by atoms with Crippen molar-refractivity contribution in [3.8, 4) is 0 Å². The highest BCUT2D eigenvalue weighted by Gasteiger charge is 2.45. The summed E-state index contributed by atoms with van der Waals surface area (Å²) in [5.41, 5.74) is 0. The molecule has 0 aliphatic carbocycles. The summed E-state index contributed by atoms with van der Waals surface area (Å²) >= 11 is 0.